The SMILES string of the molecule is CC(=O)NC1=NS(=O)(=O)c2ccc(C)cc21. The third-order valence-corrected chi connectivity index (χ3v) is 3.51. The van der Waals surface area contributed by atoms with Crippen molar-refractivity contribution in [1.82, 2.24) is 5.32 Å². The number of sulfonamides is 1. The second-order valence-electron chi connectivity index (χ2n) is 3.60. The van der Waals surface area contributed by atoms with E-state index in [9.17, 15) is 13.2 Å². The van der Waals surface area contributed by atoms with Gasteiger partial charge in [0.1, 0.15) is 4.90 Å². The number of hydrogen-bond acceptors (Lipinski definition) is 3. The van der Waals surface area contributed by atoms with E-state index < -0.39 is 10.0 Å². The fourth-order valence-corrected chi connectivity index (χ4v) is 2.69. The van der Waals surface area contributed by atoms with Crippen LogP contribution < -0.4 is 5.32 Å². The molecule has 0 spiro atoms. The van der Waals surface area contributed by atoms with Gasteiger partial charge in [-0.3, -0.25) is 4.79 Å². The maximum absolute atomic E-state index is 11.6. The standard InChI is InChI=1S/C10H10N2O3S/c1-6-3-4-9-8(5-6)10(11-7(2)13)12-16(9,14)15/h3-5H,1-2H3,(H,11,12,13). The molecule has 6 heteroatoms. The number of aryl methyl sites for hydroxylation is 1. The minimum Gasteiger partial charge on any atom is -0.310 e. The van der Waals surface area contributed by atoms with Gasteiger partial charge in [-0.05, 0) is 19.1 Å². The molecule has 0 bridgehead atoms. The molecule has 1 aromatic carbocycles. The van der Waals surface area contributed by atoms with Crippen molar-refractivity contribution in [3.63, 3.8) is 0 Å². The van der Waals surface area contributed by atoms with E-state index in [1.54, 1.807) is 12.1 Å². The van der Waals surface area contributed by atoms with Crippen LogP contribution in [-0.2, 0) is 14.8 Å². The topological polar surface area (TPSA) is 75.6 Å². The van der Waals surface area contributed by atoms with Crippen LogP contribution in [0.25, 0.3) is 0 Å². The summed E-state index contributed by atoms with van der Waals surface area (Å²) in [4.78, 5) is 11.1. The number of nitrogens with one attached hydrogen (secondary N) is 1. The molecule has 1 aliphatic rings. The van der Waals surface area contributed by atoms with E-state index in [2.05, 4.69) is 9.71 Å². The summed E-state index contributed by atoms with van der Waals surface area (Å²) in [7, 11) is -3.64. The van der Waals surface area contributed by atoms with Crippen LogP contribution in [0.2, 0.25) is 0 Å². The first-order valence-electron chi connectivity index (χ1n) is 4.64. The van der Waals surface area contributed by atoms with E-state index >= 15 is 0 Å². The Kier molecular flexibility index (Phi) is 2.31. The maximum Gasteiger partial charge on any atom is 0.285 e. The van der Waals surface area contributed by atoms with Gasteiger partial charge in [0, 0.05) is 12.5 Å². The summed E-state index contributed by atoms with van der Waals surface area (Å²) < 4.78 is 26.8. The number of fused-ring (bicyclic) bond motifs is 1. The van der Waals surface area contributed by atoms with Crippen LogP contribution in [0.4, 0.5) is 0 Å². The number of amidine groups is 1. The van der Waals surface area contributed by atoms with E-state index in [0.29, 0.717) is 5.56 Å². The van der Waals surface area contributed by atoms with Gasteiger partial charge in [0.25, 0.3) is 10.0 Å². The first-order valence-corrected chi connectivity index (χ1v) is 6.08. The Labute approximate surface area is 93.3 Å². The number of nitrogens with zero attached hydrogens (tertiary/aromatic N) is 1. The van der Waals surface area contributed by atoms with Crippen LogP contribution in [-0.4, -0.2) is 20.2 Å². The normalized spacial score (nSPS) is 16.5. The molecule has 1 aromatic rings. The van der Waals surface area contributed by atoms with Gasteiger partial charge < -0.3 is 5.32 Å². The highest BCUT2D eigenvalue weighted by Gasteiger charge is 2.29. The van der Waals surface area contributed by atoms with Crippen LogP contribution in [0.1, 0.15) is 18.1 Å². The molecule has 0 radical (unpaired) electrons. The molecule has 1 amide bonds. The fraction of sp³-hybridized carbons (Fsp3) is 0.200. The lowest BCUT2D eigenvalue weighted by Crippen LogP contribution is -2.27. The van der Waals surface area contributed by atoms with Crippen molar-refractivity contribution in [2.75, 3.05) is 0 Å². The van der Waals surface area contributed by atoms with Crippen LogP contribution in [0.5, 0.6) is 0 Å². The first kappa shape index (κ1) is 10.8. The molecule has 84 valence electrons. The lowest BCUT2D eigenvalue weighted by atomic mass is 10.1. The molecule has 0 aromatic heterocycles. The maximum atomic E-state index is 11.6. The zero-order chi connectivity index (χ0) is 11.9. The van der Waals surface area contributed by atoms with Crippen molar-refractivity contribution in [2.24, 2.45) is 4.40 Å². The summed E-state index contributed by atoms with van der Waals surface area (Å²) in [5.41, 5.74) is 1.36. The fourth-order valence-electron chi connectivity index (χ4n) is 1.53. The Morgan fingerprint density at radius 2 is 2.06 bits per heavy atom. The third kappa shape index (κ3) is 1.71. The molecule has 1 heterocycles. The van der Waals surface area contributed by atoms with Crippen molar-refractivity contribution in [1.29, 1.82) is 0 Å². The Morgan fingerprint density at radius 3 is 2.69 bits per heavy atom. The zero-order valence-corrected chi connectivity index (χ0v) is 9.63. The van der Waals surface area contributed by atoms with E-state index in [1.165, 1.54) is 13.0 Å². The molecule has 0 unspecified atom stereocenters. The minimum atomic E-state index is -3.64. The van der Waals surface area contributed by atoms with Crippen LogP contribution in [0, 0.1) is 6.92 Å². The summed E-state index contributed by atoms with van der Waals surface area (Å²) in [6.07, 6.45) is 0. The molecular formula is C10H10N2O3S. The van der Waals surface area contributed by atoms with Crippen LogP contribution in [0.3, 0.4) is 0 Å². The van der Waals surface area contributed by atoms with Gasteiger partial charge in [-0.25, -0.2) is 0 Å². The van der Waals surface area contributed by atoms with Crippen molar-refractivity contribution >= 4 is 21.8 Å². The molecule has 1 aliphatic heterocycles. The van der Waals surface area contributed by atoms with Crippen molar-refractivity contribution in [3.05, 3.63) is 29.3 Å². The summed E-state index contributed by atoms with van der Waals surface area (Å²) in [5.74, 6) is -0.241. The van der Waals surface area contributed by atoms with Gasteiger partial charge in [-0.15, -0.1) is 4.40 Å². The van der Waals surface area contributed by atoms with E-state index in [-0.39, 0.29) is 16.6 Å². The number of carbonyl (C=O) groups excluding carboxylic acids is 1. The van der Waals surface area contributed by atoms with E-state index in [4.69, 9.17) is 0 Å². The predicted octanol–water partition coefficient (Wildman–Crippen LogP) is 0.580. The minimum absolute atomic E-state index is 0.103. The van der Waals surface area contributed by atoms with Crippen molar-refractivity contribution < 1.29 is 13.2 Å². The average molecular weight is 238 g/mol. The number of rotatable bonds is 0. The molecule has 1 N–H and O–H groups in total. The van der Waals surface area contributed by atoms with Gasteiger partial charge in [-0.1, -0.05) is 11.6 Å². The highest BCUT2D eigenvalue weighted by Crippen LogP contribution is 2.26. The number of carbonyl (C=O) groups is 1. The third-order valence-electron chi connectivity index (χ3n) is 2.17. The Bertz CT molecular complexity index is 602. The molecule has 0 atom stereocenters. The summed E-state index contributed by atoms with van der Waals surface area (Å²) >= 11 is 0. The second kappa shape index (κ2) is 3.41. The van der Waals surface area contributed by atoms with Gasteiger partial charge in [0.05, 0.1) is 0 Å². The zero-order valence-electron chi connectivity index (χ0n) is 8.81. The molecule has 2 rings (SSSR count). The molecule has 0 saturated heterocycles. The van der Waals surface area contributed by atoms with Gasteiger partial charge in [-0.2, -0.15) is 8.42 Å². The average Bonchev–Trinajstić information content (AvgIpc) is 2.37. The molecule has 0 aliphatic carbocycles. The molecular weight excluding hydrogens is 228 g/mol. The quantitative estimate of drug-likeness (QED) is 0.718. The van der Waals surface area contributed by atoms with Crippen LogP contribution >= 0.6 is 0 Å². The van der Waals surface area contributed by atoms with Crippen molar-refractivity contribution in [2.45, 2.75) is 18.7 Å². The largest absolute Gasteiger partial charge is 0.310 e. The molecule has 0 saturated carbocycles. The Balaban J connectivity index is 2.61. The van der Waals surface area contributed by atoms with Gasteiger partial charge in [0.2, 0.25) is 5.91 Å². The Hall–Kier alpha value is -1.69. The van der Waals surface area contributed by atoms with E-state index in [0.717, 1.165) is 5.56 Å². The predicted molar refractivity (Wildman–Crippen MR) is 58.7 cm³/mol. The molecule has 16 heavy (non-hydrogen) atoms. The molecule has 0 fully saturated rings. The van der Waals surface area contributed by atoms with Crippen LogP contribution in [0.15, 0.2) is 27.5 Å². The lowest BCUT2D eigenvalue weighted by Gasteiger charge is -2.02. The van der Waals surface area contributed by atoms with Crippen molar-refractivity contribution in [3.8, 4) is 0 Å². The highest BCUT2D eigenvalue weighted by atomic mass is 32.2. The summed E-state index contributed by atoms with van der Waals surface area (Å²) in [6, 6.07) is 4.88. The second-order valence-corrected chi connectivity index (χ2v) is 5.17. The Morgan fingerprint density at radius 1 is 1.38 bits per heavy atom. The highest BCUT2D eigenvalue weighted by molar-refractivity contribution is 7.90. The summed E-state index contributed by atoms with van der Waals surface area (Å²) in [5, 5.41) is 2.41. The smallest absolute Gasteiger partial charge is 0.285 e. The number of amides is 1. The molecule has 5 nitrogen and oxygen atoms in total. The van der Waals surface area contributed by atoms with Gasteiger partial charge >= 0.3 is 0 Å². The lowest BCUT2D eigenvalue weighted by molar-refractivity contribution is -0.117. The summed E-state index contributed by atoms with van der Waals surface area (Å²) in [6.45, 7) is 3.15. The van der Waals surface area contributed by atoms with Gasteiger partial charge in [0.15, 0.2) is 5.84 Å². The van der Waals surface area contributed by atoms with E-state index in [1.807, 2.05) is 6.92 Å². The monoisotopic (exact) mass is 238 g/mol. The number of benzene rings is 1. The number of hydrogen-bond donors (Lipinski definition) is 1. The first-order chi connectivity index (χ1) is 7.40.